The second-order valence-electron chi connectivity index (χ2n) is 7.62. The van der Waals surface area contributed by atoms with E-state index in [1.807, 2.05) is 12.1 Å². The number of fused-ring (bicyclic) bond motifs is 1. The van der Waals surface area contributed by atoms with Gasteiger partial charge in [0.1, 0.15) is 5.82 Å². The molecule has 156 valence electrons. The molecular weight excluding hydrogens is 384 g/mol. The molecule has 29 heavy (non-hydrogen) atoms. The standard InChI is InChI=1S/C22H30N4O2S/c1-6-14-26-21-13-12-19(29(27,28)24(3)4)15-20(21)23-22(26)16-25(5)17(2)18-10-8-7-9-11-18/h7-13,15,17H,6,14,16H2,1-5H3. The molecule has 0 saturated carbocycles. The van der Waals surface area contributed by atoms with Gasteiger partial charge in [0, 0.05) is 26.7 Å². The molecule has 6 nitrogen and oxygen atoms in total. The molecule has 3 rings (SSSR count). The highest BCUT2D eigenvalue weighted by atomic mass is 32.2. The summed E-state index contributed by atoms with van der Waals surface area (Å²) in [6.45, 7) is 5.85. The average molecular weight is 415 g/mol. The van der Waals surface area contributed by atoms with Gasteiger partial charge in [-0.1, -0.05) is 37.3 Å². The average Bonchev–Trinajstić information content (AvgIpc) is 3.04. The van der Waals surface area contributed by atoms with E-state index in [9.17, 15) is 8.42 Å². The summed E-state index contributed by atoms with van der Waals surface area (Å²) in [7, 11) is 1.69. The molecule has 0 fully saturated rings. The Labute approximate surface area is 173 Å². The fourth-order valence-electron chi connectivity index (χ4n) is 3.47. The number of aryl methyl sites for hydroxylation is 1. The van der Waals surface area contributed by atoms with Gasteiger partial charge in [0.15, 0.2) is 0 Å². The number of hydrogen-bond donors (Lipinski definition) is 0. The third-order valence-electron chi connectivity index (χ3n) is 5.36. The molecule has 0 radical (unpaired) electrons. The lowest BCUT2D eigenvalue weighted by Gasteiger charge is -2.25. The van der Waals surface area contributed by atoms with E-state index in [1.54, 1.807) is 26.2 Å². The lowest BCUT2D eigenvalue weighted by molar-refractivity contribution is 0.243. The first-order valence-corrected chi connectivity index (χ1v) is 11.4. The van der Waals surface area contributed by atoms with E-state index < -0.39 is 10.0 Å². The molecule has 0 bridgehead atoms. The number of sulfonamides is 1. The maximum Gasteiger partial charge on any atom is 0.242 e. The minimum absolute atomic E-state index is 0.246. The normalized spacial score (nSPS) is 13.5. The molecule has 1 heterocycles. The van der Waals surface area contributed by atoms with Crippen molar-refractivity contribution >= 4 is 21.1 Å². The number of benzene rings is 2. The topological polar surface area (TPSA) is 58.4 Å². The van der Waals surface area contributed by atoms with Crippen LogP contribution in [0.25, 0.3) is 11.0 Å². The zero-order valence-corrected chi connectivity index (χ0v) is 18.6. The maximum absolute atomic E-state index is 12.5. The summed E-state index contributed by atoms with van der Waals surface area (Å²) in [4.78, 5) is 7.36. The number of nitrogens with zero attached hydrogens (tertiary/aromatic N) is 4. The highest BCUT2D eigenvalue weighted by molar-refractivity contribution is 7.89. The second-order valence-corrected chi connectivity index (χ2v) is 9.77. The Kier molecular flexibility index (Phi) is 6.41. The summed E-state index contributed by atoms with van der Waals surface area (Å²) in [5.74, 6) is 0.950. The molecule has 1 unspecified atom stereocenters. The summed E-state index contributed by atoms with van der Waals surface area (Å²) in [6, 6.07) is 15.9. The van der Waals surface area contributed by atoms with Gasteiger partial charge in [-0.15, -0.1) is 0 Å². The molecule has 3 aromatic rings. The molecule has 0 aliphatic rings. The van der Waals surface area contributed by atoms with Crippen LogP contribution in [0, 0.1) is 0 Å². The van der Waals surface area contributed by atoms with Crippen molar-refractivity contribution in [3.63, 3.8) is 0 Å². The molecule has 7 heteroatoms. The zero-order chi connectivity index (χ0) is 21.2. The van der Waals surface area contributed by atoms with Crippen molar-refractivity contribution in [3.8, 4) is 0 Å². The van der Waals surface area contributed by atoms with Crippen LogP contribution < -0.4 is 0 Å². The molecule has 0 amide bonds. The van der Waals surface area contributed by atoms with Gasteiger partial charge in [0.2, 0.25) is 10.0 Å². The van der Waals surface area contributed by atoms with Crippen molar-refractivity contribution in [2.75, 3.05) is 21.1 Å². The van der Waals surface area contributed by atoms with Gasteiger partial charge in [-0.05, 0) is 44.2 Å². The van der Waals surface area contributed by atoms with Crippen LogP contribution in [0.1, 0.15) is 37.7 Å². The highest BCUT2D eigenvalue weighted by Crippen LogP contribution is 2.25. The van der Waals surface area contributed by atoms with Crippen LogP contribution >= 0.6 is 0 Å². The summed E-state index contributed by atoms with van der Waals surface area (Å²) < 4.78 is 28.4. The predicted octanol–water partition coefficient (Wildman–Crippen LogP) is 3.89. The fourth-order valence-corrected chi connectivity index (χ4v) is 4.39. The first-order valence-electron chi connectivity index (χ1n) is 9.92. The van der Waals surface area contributed by atoms with Crippen molar-refractivity contribution < 1.29 is 8.42 Å². The maximum atomic E-state index is 12.5. The van der Waals surface area contributed by atoms with Crippen molar-refractivity contribution in [2.45, 2.75) is 44.3 Å². The van der Waals surface area contributed by atoms with Crippen LogP contribution in [0.3, 0.4) is 0 Å². The lowest BCUT2D eigenvalue weighted by atomic mass is 10.1. The van der Waals surface area contributed by atoms with Crippen LogP contribution in [0.2, 0.25) is 0 Å². The van der Waals surface area contributed by atoms with Gasteiger partial charge >= 0.3 is 0 Å². The predicted molar refractivity (Wildman–Crippen MR) is 117 cm³/mol. The Balaban J connectivity index is 1.97. The van der Waals surface area contributed by atoms with Crippen LogP contribution in [-0.4, -0.2) is 48.3 Å². The van der Waals surface area contributed by atoms with Crippen molar-refractivity contribution in [1.29, 1.82) is 0 Å². The molecule has 1 aromatic heterocycles. The number of aromatic nitrogens is 2. The van der Waals surface area contributed by atoms with Gasteiger partial charge in [-0.3, -0.25) is 4.90 Å². The van der Waals surface area contributed by atoms with Gasteiger partial charge in [-0.25, -0.2) is 17.7 Å². The molecule has 2 aromatic carbocycles. The van der Waals surface area contributed by atoms with E-state index in [0.29, 0.717) is 6.54 Å². The summed E-state index contributed by atoms with van der Waals surface area (Å²) in [5, 5.41) is 0. The molecule has 0 spiro atoms. The Bertz CT molecular complexity index is 1070. The quantitative estimate of drug-likeness (QED) is 0.561. The Morgan fingerprint density at radius 2 is 1.76 bits per heavy atom. The SMILES string of the molecule is CCCn1c(CN(C)C(C)c2ccccc2)nc2cc(S(=O)(=O)N(C)C)ccc21. The van der Waals surface area contributed by atoms with Crippen LogP contribution in [-0.2, 0) is 23.1 Å². The minimum atomic E-state index is -3.48. The van der Waals surface area contributed by atoms with E-state index >= 15 is 0 Å². The van der Waals surface area contributed by atoms with Crippen LogP contribution in [0.15, 0.2) is 53.4 Å². The van der Waals surface area contributed by atoms with Crippen molar-refractivity contribution in [2.24, 2.45) is 0 Å². The molecular formula is C22H30N4O2S. The van der Waals surface area contributed by atoms with E-state index in [2.05, 4.69) is 54.6 Å². The zero-order valence-electron chi connectivity index (χ0n) is 17.8. The fraction of sp³-hybridized carbons (Fsp3) is 0.409. The first-order chi connectivity index (χ1) is 13.8. The van der Waals surface area contributed by atoms with E-state index in [-0.39, 0.29) is 10.9 Å². The van der Waals surface area contributed by atoms with Crippen LogP contribution in [0.5, 0.6) is 0 Å². The third kappa shape index (κ3) is 4.37. The van der Waals surface area contributed by atoms with Gasteiger partial charge in [-0.2, -0.15) is 0 Å². The summed E-state index contributed by atoms with van der Waals surface area (Å²) >= 11 is 0. The Morgan fingerprint density at radius 1 is 1.07 bits per heavy atom. The lowest BCUT2D eigenvalue weighted by Crippen LogP contribution is -2.24. The molecule has 1 atom stereocenters. The minimum Gasteiger partial charge on any atom is -0.327 e. The first kappa shape index (κ1) is 21.5. The third-order valence-corrected chi connectivity index (χ3v) is 7.17. The smallest absolute Gasteiger partial charge is 0.242 e. The Morgan fingerprint density at radius 3 is 2.38 bits per heavy atom. The molecule has 0 N–H and O–H groups in total. The summed E-state index contributed by atoms with van der Waals surface area (Å²) in [6.07, 6.45) is 0.980. The van der Waals surface area contributed by atoms with Crippen molar-refractivity contribution in [3.05, 3.63) is 59.9 Å². The van der Waals surface area contributed by atoms with Gasteiger partial charge in [0.25, 0.3) is 0 Å². The molecule has 0 saturated heterocycles. The van der Waals surface area contributed by atoms with E-state index in [0.717, 1.165) is 29.8 Å². The van der Waals surface area contributed by atoms with Gasteiger partial charge < -0.3 is 4.57 Å². The largest absolute Gasteiger partial charge is 0.327 e. The number of imidazole rings is 1. The summed E-state index contributed by atoms with van der Waals surface area (Å²) in [5.41, 5.74) is 2.95. The monoisotopic (exact) mass is 414 g/mol. The van der Waals surface area contributed by atoms with Crippen molar-refractivity contribution in [1.82, 2.24) is 18.8 Å². The highest BCUT2D eigenvalue weighted by Gasteiger charge is 2.21. The molecule has 0 aliphatic heterocycles. The second kappa shape index (κ2) is 8.65. The number of rotatable bonds is 8. The molecule has 0 aliphatic carbocycles. The van der Waals surface area contributed by atoms with Gasteiger partial charge in [0.05, 0.1) is 22.5 Å². The Hall–Kier alpha value is -2.22. The van der Waals surface area contributed by atoms with E-state index in [4.69, 9.17) is 4.98 Å². The number of hydrogen-bond acceptors (Lipinski definition) is 4. The van der Waals surface area contributed by atoms with E-state index in [1.165, 1.54) is 9.87 Å². The van der Waals surface area contributed by atoms with Crippen LogP contribution in [0.4, 0.5) is 0 Å².